The van der Waals surface area contributed by atoms with Crippen LogP contribution in [0.3, 0.4) is 0 Å². The molecule has 0 aliphatic carbocycles. The number of carbonyl (C=O) groups is 1. The Labute approximate surface area is 127 Å². The Bertz CT molecular complexity index is 467. The molecule has 0 heterocycles. The molecule has 0 aliphatic heterocycles. The van der Waals surface area contributed by atoms with Gasteiger partial charge in [-0.05, 0) is 32.4 Å². The lowest BCUT2D eigenvalue weighted by atomic mass is 10.00. The molecule has 1 amide bonds. The zero-order valence-corrected chi connectivity index (χ0v) is 13.2. The summed E-state index contributed by atoms with van der Waals surface area (Å²) in [4.78, 5) is 14.3. The monoisotopic (exact) mass is 287 g/mol. The third-order valence-corrected chi connectivity index (χ3v) is 3.86. The SMILES string of the molecule is CCC(C)N(C)CCNC(=O)C(C#N)Cc1ccccc1. The Morgan fingerprint density at radius 2 is 2.05 bits per heavy atom. The van der Waals surface area contributed by atoms with Gasteiger partial charge < -0.3 is 10.2 Å². The molecule has 0 radical (unpaired) electrons. The number of likely N-dealkylation sites (N-methyl/N-ethyl adjacent to an activating group) is 1. The molecule has 1 aromatic carbocycles. The molecule has 4 heteroatoms. The van der Waals surface area contributed by atoms with E-state index >= 15 is 0 Å². The van der Waals surface area contributed by atoms with Gasteiger partial charge in [-0.25, -0.2) is 0 Å². The molecule has 1 rings (SSSR count). The Kier molecular flexibility index (Phi) is 7.49. The maximum Gasteiger partial charge on any atom is 0.237 e. The van der Waals surface area contributed by atoms with Gasteiger partial charge in [-0.3, -0.25) is 4.79 Å². The summed E-state index contributed by atoms with van der Waals surface area (Å²) in [6, 6.07) is 12.2. The second kappa shape index (κ2) is 9.15. The van der Waals surface area contributed by atoms with Crippen LogP contribution in [0.1, 0.15) is 25.8 Å². The van der Waals surface area contributed by atoms with E-state index in [9.17, 15) is 10.1 Å². The summed E-state index contributed by atoms with van der Waals surface area (Å²) in [5.74, 6) is -0.805. The van der Waals surface area contributed by atoms with Gasteiger partial charge in [-0.2, -0.15) is 5.26 Å². The fourth-order valence-corrected chi connectivity index (χ4v) is 2.06. The number of nitrogens with zero attached hydrogens (tertiary/aromatic N) is 2. The fraction of sp³-hybridized carbons (Fsp3) is 0.529. The fourth-order valence-electron chi connectivity index (χ4n) is 2.06. The lowest BCUT2D eigenvalue weighted by Gasteiger charge is -2.23. The van der Waals surface area contributed by atoms with Crippen LogP contribution in [0.5, 0.6) is 0 Å². The summed E-state index contributed by atoms with van der Waals surface area (Å²) in [5, 5.41) is 12.0. The number of benzene rings is 1. The van der Waals surface area contributed by atoms with Crippen LogP contribution in [-0.2, 0) is 11.2 Å². The normalized spacial score (nSPS) is 13.5. The molecule has 0 bridgehead atoms. The van der Waals surface area contributed by atoms with Crippen molar-refractivity contribution in [2.45, 2.75) is 32.7 Å². The van der Waals surface area contributed by atoms with Crippen molar-refractivity contribution in [3.05, 3.63) is 35.9 Å². The standard InChI is InChI=1S/C17H25N3O/c1-4-14(2)20(3)11-10-19-17(21)16(13-18)12-15-8-6-5-7-9-15/h5-9,14,16H,4,10-12H2,1-3H3,(H,19,21). The summed E-state index contributed by atoms with van der Waals surface area (Å²) in [7, 11) is 2.05. The number of carbonyl (C=O) groups excluding carboxylic acids is 1. The van der Waals surface area contributed by atoms with E-state index < -0.39 is 5.92 Å². The number of hydrogen-bond acceptors (Lipinski definition) is 3. The molecule has 1 N–H and O–H groups in total. The molecule has 0 fully saturated rings. The largest absolute Gasteiger partial charge is 0.354 e. The summed E-state index contributed by atoms with van der Waals surface area (Å²) in [6.07, 6.45) is 1.55. The summed E-state index contributed by atoms with van der Waals surface area (Å²) >= 11 is 0. The molecule has 0 aromatic heterocycles. The van der Waals surface area contributed by atoms with E-state index in [-0.39, 0.29) is 5.91 Å². The van der Waals surface area contributed by atoms with Crippen molar-refractivity contribution in [1.82, 2.24) is 10.2 Å². The molecule has 114 valence electrons. The van der Waals surface area contributed by atoms with Gasteiger partial charge in [-0.15, -0.1) is 0 Å². The van der Waals surface area contributed by atoms with Gasteiger partial charge in [0.2, 0.25) is 5.91 Å². The zero-order chi connectivity index (χ0) is 15.7. The first-order valence-electron chi connectivity index (χ1n) is 7.50. The van der Waals surface area contributed by atoms with Crippen LogP contribution in [0.15, 0.2) is 30.3 Å². The number of amides is 1. The van der Waals surface area contributed by atoms with Crippen molar-refractivity contribution in [3.8, 4) is 6.07 Å². The van der Waals surface area contributed by atoms with Crippen LogP contribution < -0.4 is 5.32 Å². The van der Waals surface area contributed by atoms with E-state index in [0.717, 1.165) is 18.5 Å². The summed E-state index contributed by atoms with van der Waals surface area (Å²) in [6.45, 7) is 5.68. The first kappa shape index (κ1) is 17.2. The van der Waals surface area contributed by atoms with E-state index in [1.807, 2.05) is 37.4 Å². The summed E-state index contributed by atoms with van der Waals surface area (Å²) < 4.78 is 0. The molecule has 0 saturated carbocycles. The first-order valence-corrected chi connectivity index (χ1v) is 7.50. The van der Waals surface area contributed by atoms with Crippen molar-refractivity contribution < 1.29 is 4.79 Å². The second-order valence-electron chi connectivity index (χ2n) is 5.40. The highest BCUT2D eigenvalue weighted by atomic mass is 16.1. The van der Waals surface area contributed by atoms with Gasteiger partial charge in [0.05, 0.1) is 6.07 Å². The minimum atomic E-state index is -0.624. The van der Waals surface area contributed by atoms with Gasteiger partial charge in [0.25, 0.3) is 0 Å². The van der Waals surface area contributed by atoms with Gasteiger partial charge in [0.1, 0.15) is 5.92 Å². The van der Waals surface area contributed by atoms with Gasteiger partial charge in [0.15, 0.2) is 0 Å². The quantitative estimate of drug-likeness (QED) is 0.797. The van der Waals surface area contributed by atoms with Gasteiger partial charge in [-0.1, -0.05) is 37.3 Å². The summed E-state index contributed by atoms with van der Waals surface area (Å²) in [5.41, 5.74) is 1.01. The van der Waals surface area contributed by atoms with Crippen molar-refractivity contribution >= 4 is 5.91 Å². The third-order valence-electron chi connectivity index (χ3n) is 3.86. The average molecular weight is 287 g/mol. The maximum atomic E-state index is 12.0. The highest BCUT2D eigenvalue weighted by Crippen LogP contribution is 2.08. The molecule has 0 aliphatic rings. The molecular formula is C17H25N3O. The smallest absolute Gasteiger partial charge is 0.237 e. The minimum absolute atomic E-state index is 0.182. The highest BCUT2D eigenvalue weighted by molar-refractivity contribution is 5.81. The van der Waals surface area contributed by atoms with E-state index in [1.54, 1.807) is 0 Å². The van der Waals surface area contributed by atoms with Crippen molar-refractivity contribution in [2.75, 3.05) is 20.1 Å². The van der Waals surface area contributed by atoms with E-state index in [0.29, 0.717) is 19.0 Å². The Hall–Kier alpha value is -1.86. The number of rotatable bonds is 8. The Morgan fingerprint density at radius 3 is 2.62 bits per heavy atom. The first-order chi connectivity index (χ1) is 10.1. The minimum Gasteiger partial charge on any atom is -0.354 e. The van der Waals surface area contributed by atoms with Crippen LogP contribution >= 0.6 is 0 Å². The maximum absolute atomic E-state index is 12.0. The van der Waals surface area contributed by atoms with E-state index in [1.165, 1.54) is 0 Å². The van der Waals surface area contributed by atoms with E-state index in [4.69, 9.17) is 0 Å². The zero-order valence-electron chi connectivity index (χ0n) is 13.2. The lowest BCUT2D eigenvalue weighted by molar-refractivity contribution is -0.123. The molecule has 0 spiro atoms. The molecule has 0 saturated heterocycles. The Morgan fingerprint density at radius 1 is 1.38 bits per heavy atom. The van der Waals surface area contributed by atoms with Crippen molar-refractivity contribution in [1.29, 1.82) is 5.26 Å². The predicted molar refractivity (Wildman–Crippen MR) is 84.6 cm³/mol. The lowest BCUT2D eigenvalue weighted by Crippen LogP contribution is -2.39. The van der Waals surface area contributed by atoms with Crippen LogP contribution in [0.2, 0.25) is 0 Å². The molecule has 2 atom stereocenters. The molecule has 2 unspecified atom stereocenters. The van der Waals surface area contributed by atoms with Crippen LogP contribution in [0.4, 0.5) is 0 Å². The topological polar surface area (TPSA) is 56.1 Å². The van der Waals surface area contributed by atoms with Crippen molar-refractivity contribution in [2.24, 2.45) is 5.92 Å². The van der Waals surface area contributed by atoms with Crippen LogP contribution in [0, 0.1) is 17.2 Å². The predicted octanol–water partition coefficient (Wildman–Crippen LogP) is 2.22. The molecule has 1 aromatic rings. The number of hydrogen-bond donors (Lipinski definition) is 1. The van der Waals surface area contributed by atoms with Crippen LogP contribution in [0.25, 0.3) is 0 Å². The Balaban J connectivity index is 2.41. The van der Waals surface area contributed by atoms with Crippen molar-refractivity contribution in [3.63, 3.8) is 0 Å². The molecule has 21 heavy (non-hydrogen) atoms. The van der Waals surface area contributed by atoms with Gasteiger partial charge >= 0.3 is 0 Å². The molecular weight excluding hydrogens is 262 g/mol. The second-order valence-corrected chi connectivity index (χ2v) is 5.40. The highest BCUT2D eigenvalue weighted by Gasteiger charge is 2.18. The average Bonchev–Trinajstić information content (AvgIpc) is 2.52. The number of nitriles is 1. The molecule has 4 nitrogen and oxygen atoms in total. The number of nitrogens with one attached hydrogen (secondary N) is 1. The van der Waals surface area contributed by atoms with Crippen LogP contribution in [-0.4, -0.2) is 37.0 Å². The van der Waals surface area contributed by atoms with E-state index in [2.05, 4.69) is 30.1 Å². The van der Waals surface area contributed by atoms with Gasteiger partial charge in [0, 0.05) is 19.1 Å². The third kappa shape index (κ3) is 5.97.